The summed E-state index contributed by atoms with van der Waals surface area (Å²) in [6.07, 6.45) is 1.94. The third-order valence-corrected chi connectivity index (χ3v) is 5.90. The van der Waals surface area contributed by atoms with Gasteiger partial charge in [-0.3, -0.25) is 14.4 Å². The first-order valence-electron chi connectivity index (χ1n) is 8.44. The maximum Gasteiger partial charge on any atom is 0.298 e. The summed E-state index contributed by atoms with van der Waals surface area (Å²) >= 11 is 10.5. The number of nitrogens with one attached hydrogen (secondary N) is 1. The maximum atomic E-state index is 13.0. The zero-order chi connectivity index (χ0) is 20.4. The Hall–Kier alpha value is -2.09. The Kier molecular flexibility index (Phi) is 6.27. The lowest BCUT2D eigenvalue weighted by atomic mass is 10.1. The fourth-order valence-electron chi connectivity index (χ4n) is 2.71. The average molecular weight is 480 g/mol. The molecule has 3 rings (SSSR count). The van der Waals surface area contributed by atoms with Crippen molar-refractivity contribution in [1.82, 2.24) is 0 Å². The molecule has 0 atom stereocenters. The summed E-state index contributed by atoms with van der Waals surface area (Å²) in [4.78, 5) is 39.0. The molecule has 8 heteroatoms. The van der Waals surface area contributed by atoms with E-state index in [0.29, 0.717) is 26.9 Å². The molecule has 0 aromatic heterocycles. The van der Waals surface area contributed by atoms with Crippen LogP contribution in [-0.2, 0) is 9.59 Å². The van der Waals surface area contributed by atoms with Crippen LogP contribution in [0.3, 0.4) is 0 Å². The molecule has 0 spiro atoms. The highest BCUT2D eigenvalue weighted by atomic mass is 79.9. The van der Waals surface area contributed by atoms with Crippen LogP contribution in [0.1, 0.15) is 24.5 Å². The number of nitrogens with zero attached hydrogens (tertiary/aromatic N) is 1. The van der Waals surface area contributed by atoms with Crippen LogP contribution >= 0.6 is 39.3 Å². The molecule has 3 amide bonds. The molecule has 1 aliphatic rings. The third kappa shape index (κ3) is 4.16. The summed E-state index contributed by atoms with van der Waals surface area (Å²) in [5.41, 5.74) is 2.01. The van der Waals surface area contributed by atoms with Gasteiger partial charge in [-0.05, 0) is 60.2 Å². The Morgan fingerprint density at radius 3 is 2.71 bits per heavy atom. The first kappa shape index (κ1) is 20.6. The molecule has 2 aromatic rings. The number of benzene rings is 2. The molecule has 1 fully saturated rings. The molecular formula is C20H16BrClN2O3S. The van der Waals surface area contributed by atoms with E-state index >= 15 is 0 Å². The minimum absolute atomic E-state index is 0.223. The van der Waals surface area contributed by atoms with Crippen LogP contribution in [0, 0.1) is 6.92 Å². The SMILES string of the molecule is CCC(=O)Nc1ccc(Cl)c(C)c1N1C(=O)S/C(=C\c2cccc(Br)c2)C1=O. The second-order valence-corrected chi connectivity index (χ2v) is 8.36. The highest BCUT2D eigenvalue weighted by Gasteiger charge is 2.38. The molecule has 144 valence electrons. The lowest BCUT2D eigenvalue weighted by Gasteiger charge is -2.21. The van der Waals surface area contributed by atoms with E-state index in [-0.39, 0.29) is 12.3 Å². The highest BCUT2D eigenvalue weighted by molar-refractivity contribution is 9.10. The van der Waals surface area contributed by atoms with Crippen LogP contribution in [-0.4, -0.2) is 17.1 Å². The molecule has 0 unspecified atom stereocenters. The molecule has 1 heterocycles. The van der Waals surface area contributed by atoms with Crippen LogP contribution in [0.5, 0.6) is 0 Å². The van der Waals surface area contributed by atoms with E-state index in [9.17, 15) is 14.4 Å². The van der Waals surface area contributed by atoms with Crippen LogP contribution in [0.15, 0.2) is 45.8 Å². The molecule has 0 radical (unpaired) electrons. The zero-order valence-corrected chi connectivity index (χ0v) is 18.2. The van der Waals surface area contributed by atoms with Crippen molar-refractivity contribution < 1.29 is 14.4 Å². The predicted molar refractivity (Wildman–Crippen MR) is 118 cm³/mol. The summed E-state index contributed by atoms with van der Waals surface area (Å²) in [5, 5.41) is 2.70. The number of imide groups is 1. The summed E-state index contributed by atoms with van der Waals surface area (Å²) in [6, 6.07) is 10.6. The summed E-state index contributed by atoms with van der Waals surface area (Å²) in [6.45, 7) is 3.43. The van der Waals surface area contributed by atoms with Crippen molar-refractivity contribution in [3.63, 3.8) is 0 Å². The van der Waals surface area contributed by atoms with Gasteiger partial charge in [-0.25, -0.2) is 4.90 Å². The number of rotatable bonds is 4. The normalized spacial score (nSPS) is 15.4. The standard InChI is InChI=1S/C20H16BrClN2O3S/c1-3-17(25)23-15-8-7-14(22)11(2)18(15)24-19(26)16(28-20(24)27)10-12-5-4-6-13(21)9-12/h4-10H,3H2,1-2H3,(H,23,25)/b16-10-. The van der Waals surface area contributed by atoms with Crippen molar-refractivity contribution in [3.8, 4) is 0 Å². The van der Waals surface area contributed by atoms with E-state index in [1.807, 2.05) is 24.3 Å². The van der Waals surface area contributed by atoms with E-state index in [1.165, 1.54) is 0 Å². The van der Waals surface area contributed by atoms with Crippen molar-refractivity contribution in [2.75, 3.05) is 10.2 Å². The van der Waals surface area contributed by atoms with Gasteiger partial charge in [0.15, 0.2) is 0 Å². The van der Waals surface area contributed by atoms with E-state index < -0.39 is 11.1 Å². The molecule has 1 saturated heterocycles. The van der Waals surface area contributed by atoms with Crippen LogP contribution in [0.4, 0.5) is 16.2 Å². The summed E-state index contributed by atoms with van der Waals surface area (Å²) in [7, 11) is 0. The van der Waals surface area contributed by atoms with Crippen molar-refractivity contribution in [3.05, 3.63) is 61.9 Å². The van der Waals surface area contributed by atoms with Crippen LogP contribution < -0.4 is 10.2 Å². The van der Waals surface area contributed by atoms with E-state index in [2.05, 4.69) is 21.2 Å². The van der Waals surface area contributed by atoms with Gasteiger partial charge in [0.25, 0.3) is 11.1 Å². The average Bonchev–Trinajstić information content (AvgIpc) is 2.92. The van der Waals surface area contributed by atoms with Gasteiger partial charge in [0.1, 0.15) is 0 Å². The lowest BCUT2D eigenvalue weighted by Crippen LogP contribution is -2.30. The van der Waals surface area contributed by atoms with Crippen molar-refractivity contribution in [2.24, 2.45) is 0 Å². The fraction of sp³-hybridized carbons (Fsp3) is 0.150. The van der Waals surface area contributed by atoms with Gasteiger partial charge in [0.2, 0.25) is 5.91 Å². The summed E-state index contributed by atoms with van der Waals surface area (Å²) < 4.78 is 0.871. The minimum Gasteiger partial charge on any atom is -0.324 e. The van der Waals surface area contributed by atoms with Crippen molar-refractivity contribution in [1.29, 1.82) is 0 Å². The molecule has 1 N–H and O–H groups in total. The number of halogens is 2. The maximum absolute atomic E-state index is 13.0. The number of thioether (sulfide) groups is 1. The quantitative estimate of drug-likeness (QED) is 0.546. The van der Waals surface area contributed by atoms with Gasteiger partial charge in [-0.2, -0.15) is 0 Å². The Morgan fingerprint density at radius 2 is 2.04 bits per heavy atom. The first-order chi connectivity index (χ1) is 13.3. The summed E-state index contributed by atoms with van der Waals surface area (Å²) in [5.74, 6) is -0.674. The van der Waals surface area contributed by atoms with Crippen molar-refractivity contribution >= 4 is 73.8 Å². The molecule has 0 aliphatic carbocycles. The molecule has 5 nitrogen and oxygen atoms in total. The second-order valence-electron chi connectivity index (χ2n) is 6.04. The second kappa shape index (κ2) is 8.51. The molecule has 28 heavy (non-hydrogen) atoms. The van der Waals surface area contributed by atoms with Gasteiger partial charge < -0.3 is 5.32 Å². The van der Waals surface area contributed by atoms with Gasteiger partial charge in [-0.1, -0.05) is 46.6 Å². The lowest BCUT2D eigenvalue weighted by molar-refractivity contribution is -0.116. The fourth-order valence-corrected chi connectivity index (χ4v) is 4.11. The molecule has 2 aromatic carbocycles. The Labute approximate surface area is 180 Å². The van der Waals surface area contributed by atoms with Crippen LogP contribution in [0.25, 0.3) is 6.08 Å². The molecule has 0 bridgehead atoms. The monoisotopic (exact) mass is 478 g/mol. The number of carbonyl (C=O) groups excluding carboxylic acids is 3. The smallest absolute Gasteiger partial charge is 0.298 e. The Bertz CT molecular complexity index is 1020. The molecular weight excluding hydrogens is 464 g/mol. The van der Waals surface area contributed by atoms with Gasteiger partial charge in [0, 0.05) is 15.9 Å². The topological polar surface area (TPSA) is 66.5 Å². The first-order valence-corrected chi connectivity index (χ1v) is 10.4. The number of amides is 3. The molecule has 1 aliphatic heterocycles. The minimum atomic E-state index is -0.452. The highest BCUT2D eigenvalue weighted by Crippen LogP contribution is 2.42. The molecule has 0 saturated carbocycles. The Morgan fingerprint density at radius 1 is 1.29 bits per heavy atom. The van der Waals surface area contributed by atoms with Crippen LogP contribution in [0.2, 0.25) is 5.02 Å². The van der Waals surface area contributed by atoms with Gasteiger partial charge >= 0.3 is 0 Å². The largest absolute Gasteiger partial charge is 0.324 e. The van der Waals surface area contributed by atoms with E-state index in [1.54, 1.807) is 32.1 Å². The predicted octanol–water partition coefficient (Wildman–Crippen LogP) is 6.00. The van der Waals surface area contributed by atoms with E-state index in [4.69, 9.17) is 11.6 Å². The number of anilines is 2. The number of hydrogen-bond donors (Lipinski definition) is 1. The zero-order valence-electron chi connectivity index (χ0n) is 15.1. The van der Waals surface area contributed by atoms with Crippen molar-refractivity contribution in [2.45, 2.75) is 20.3 Å². The number of carbonyl (C=O) groups is 3. The Balaban J connectivity index is 2.04. The van der Waals surface area contributed by atoms with E-state index in [0.717, 1.165) is 26.7 Å². The van der Waals surface area contributed by atoms with Gasteiger partial charge in [-0.15, -0.1) is 0 Å². The van der Waals surface area contributed by atoms with Gasteiger partial charge in [0.05, 0.1) is 16.3 Å². The third-order valence-electron chi connectivity index (χ3n) is 4.12. The number of hydrogen-bond acceptors (Lipinski definition) is 4.